The van der Waals surface area contributed by atoms with Crippen LogP contribution in [0.3, 0.4) is 0 Å². The standard InChI is InChI=1S/C67H119N5O2/c1-13-21-34-60(32-19-7)71(44-25-17-5)46-30-40-67(12,41-31-47-72(45-26-18-6)61(33-20-8)35-22-14-2)59-49-55(10)65(74)57(51-59)53-70-63-37-28-27-36-62(63)69-52-56-50-58(48-54(9)64(56)73)66(11,38-23-15-3)39-29-43-68-42-24-16-4/h48-53,60-63,68,73-74H,13-47H2,1-12H3/t60?,61?,62-,63-,66?,67?/m1/s1. The maximum absolute atomic E-state index is 11.8. The van der Waals surface area contributed by atoms with Gasteiger partial charge in [-0.1, -0.05) is 165 Å². The Morgan fingerprint density at radius 1 is 0.500 bits per heavy atom. The highest BCUT2D eigenvalue weighted by atomic mass is 16.3. The zero-order valence-corrected chi connectivity index (χ0v) is 50.7. The second kappa shape index (κ2) is 37.1. The molecule has 0 aliphatic heterocycles. The molecule has 5 atom stereocenters. The van der Waals surface area contributed by atoms with Crippen molar-refractivity contribution in [2.75, 3.05) is 39.3 Å². The molecule has 0 heterocycles. The van der Waals surface area contributed by atoms with Gasteiger partial charge in [0, 0.05) is 35.6 Å². The number of benzene rings is 2. The summed E-state index contributed by atoms with van der Waals surface area (Å²) in [5.41, 5.74) is 6.19. The molecule has 7 nitrogen and oxygen atoms in total. The van der Waals surface area contributed by atoms with Crippen LogP contribution in [0, 0.1) is 13.8 Å². The van der Waals surface area contributed by atoms with E-state index in [0.29, 0.717) is 23.6 Å². The molecule has 2 aromatic carbocycles. The molecular weight excluding hydrogens is 907 g/mol. The highest BCUT2D eigenvalue weighted by Crippen LogP contribution is 2.40. The molecule has 1 saturated carbocycles. The molecule has 3 rings (SSSR count). The minimum atomic E-state index is -0.0360. The molecule has 1 aliphatic carbocycles. The van der Waals surface area contributed by atoms with Crippen LogP contribution in [-0.2, 0) is 10.8 Å². The van der Waals surface area contributed by atoms with E-state index >= 15 is 0 Å². The molecule has 3 N–H and O–H groups in total. The van der Waals surface area contributed by atoms with Crippen molar-refractivity contribution < 1.29 is 10.2 Å². The van der Waals surface area contributed by atoms with Crippen molar-refractivity contribution >= 4 is 12.4 Å². The lowest BCUT2D eigenvalue weighted by Gasteiger charge is -2.37. The number of nitrogens with one attached hydrogen (secondary N) is 1. The first-order valence-corrected chi connectivity index (χ1v) is 31.7. The number of hydrogen-bond acceptors (Lipinski definition) is 7. The Morgan fingerprint density at radius 3 is 1.28 bits per heavy atom. The number of rotatable bonds is 42. The number of aromatic hydroxyl groups is 2. The fourth-order valence-corrected chi connectivity index (χ4v) is 12.3. The van der Waals surface area contributed by atoms with E-state index in [9.17, 15) is 10.2 Å². The molecule has 0 amide bonds. The third-order valence-electron chi connectivity index (χ3n) is 17.4. The first-order valence-electron chi connectivity index (χ1n) is 31.7. The van der Waals surface area contributed by atoms with E-state index in [-0.39, 0.29) is 22.9 Å². The number of aryl methyl sites for hydroxylation is 2. The number of aliphatic imine (C=N–C) groups is 2. The van der Waals surface area contributed by atoms with Gasteiger partial charge in [0.25, 0.3) is 0 Å². The first-order chi connectivity index (χ1) is 35.8. The van der Waals surface area contributed by atoms with Gasteiger partial charge in [-0.3, -0.25) is 9.98 Å². The third kappa shape index (κ3) is 22.3. The maximum atomic E-state index is 11.8. The SMILES string of the molecule is CCCCNCCCC(C)(CCCC)c1cc(C)c(O)c(C=N[C@@H]2CCCC[C@H]2N=Cc2cc(C(C)(CCCN(CCCC)C(CCC)CCCC)CCCN(CCCC)C(CCC)CCCC)cc(C)c2O)c1. The average molecular weight is 1030 g/mol. The van der Waals surface area contributed by atoms with Crippen LogP contribution in [0.2, 0.25) is 0 Å². The van der Waals surface area contributed by atoms with Gasteiger partial charge in [0.1, 0.15) is 11.5 Å². The van der Waals surface area contributed by atoms with Crippen LogP contribution in [0.15, 0.2) is 34.3 Å². The van der Waals surface area contributed by atoms with Crippen molar-refractivity contribution in [2.45, 2.75) is 304 Å². The summed E-state index contributed by atoms with van der Waals surface area (Å²) in [6.07, 6.45) is 38.9. The van der Waals surface area contributed by atoms with Crippen LogP contribution < -0.4 is 5.32 Å². The highest BCUT2D eigenvalue weighted by molar-refractivity contribution is 5.86. The normalized spacial score (nSPS) is 18.0. The van der Waals surface area contributed by atoms with Gasteiger partial charge in [-0.25, -0.2) is 0 Å². The van der Waals surface area contributed by atoms with Gasteiger partial charge in [-0.05, 0) is 201 Å². The van der Waals surface area contributed by atoms with Gasteiger partial charge in [0.2, 0.25) is 0 Å². The predicted molar refractivity (Wildman–Crippen MR) is 326 cm³/mol. The Kier molecular flexibility index (Phi) is 32.9. The van der Waals surface area contributed by atoms with E-state index in [1.54, 1.807) is 0 Å². The first kappa shape index (κ1) is 65.5. The smallest absolute Gasteiger partial charge is 0.127 e. The van der Waals surface area contributed by atoms with Gasteiger partial charge >= 0.3 is 0 Å². The minimum absolute atomic E-state index is 0.0203. The van der Waals surface area contributed by atoms with E-state index in [1.165, 1.54) is 153 Å². The molecular formula is C67H119N5O2. The van der Waals surface area contributed by atoms with Crippen LogP contribution in [0.1, 0.15) is 289 Å². The highest BCUT2D eigenvalue weighted by Gasteiger charge is 2.31. The van der Waals surface area contributed by atoms with E-state index in [4.69, 9.17) is 9.98 Å². The second-order valence-electron chi connectivity index (χ2n) is 24.0. The summed E-state index contributed by atoms with van der Waals surface area (Å²) in [4.78, 5) is 16.4. The van der Waals surface area contributed by atoms with E-state index in [0.717, 1.165) is 106 Å². The van der Waals surface area contributed by atoms with Crippen LogP contribution in [0.4, 0.5) is 0 Å². The Balaban J connectivity index is 2.00. The van der Waals surface area contributed by atoms with Gasteiger partial charge in [0.05, 0.1) is 12.1 Å². The Bertz CT molecular complexity index is 1810. The van der Waals surface area contributed by atoms with E-state index < -0.39 is 0 Å². The van der Waals surface area contributed by atoms with E-state index in [2.05, 4.69) is 116 Å². The maximum Gasteiger partial charge on any atom is 0.127 e. The van der Waals surface area contributed by atoms with Gasteiger partial charge in [-0.2, -0.15) is 0 Å². The van der Waals surface area contributed by atoms with Gasteiger partial charge < -0.3 is 25.3 Å². The summed E-state index contributed by atoms with van der Waals surface area (Å²) in [5, 5.41) is 26.9. The molecule has 0 aromatic heterocycles. The zero-order chi connectivity index (χ0) is 54.2. The molecule has 1 aliphatic rings. The molecule has 7 heteroatoms. The van der Waals surface area contributed by atoms with E-state index in [1.807, 2.05) is 19.4 Å². The van der Waals surface area contributed by atoms with Crippen molar-refractivity contribution in [1.29, 1.82) is 0 Å². The predicted octanol–water partition coefficient (Wildman–Crippen LogP) is 17.9. The average Bonchev–Trinajstić information content (AvgIpc) is 3.39. The molecule has 424 valence electrons. The van der Waals surface area contributed by atoms with Crippen LogP contribution in [-0.4, -0.2) is 95.9 Å². The number of phenols is 2. The van der Waals surface area contributed by atoms with Crippen molar-refractivity contribution in [3.8, 4) is 11.5 Å². The summed E-state index contributed by atoms with van der Waals surface area (Å²) < 4.78 is 0. The molecule has 0 saturated heterocycles. The lowest BCUT2D eigenvalue weighted by Crippen LogP contribution is -2.38. The summed E-state index contributed by atoms with van der Waals surface area (Å²) in [7, 11) is 0. The Morgan fingerprint density at radius 2 is 0.878 bits per heavy atom. The summed E-state index contributed by atoms with van der Waals surface area (Å²) >= 11 is 0. The zero-order valence-electron chi connectivity index (χ0n) is 50.7. The molecule has 0 radical (unpaired) electrons. The minimum Gasteiger partial charge on any atom is -0.507 e. The lowest BCUT2D eigenvalue weighted by atomic mass is 9.74. The van der Waals surface area contributed by atoms with Crippen molar-refractivity contribution in [2.24, 2.45) is 9.98 Å². The number of unbranched alkanes of at least 4 members (excludes halogenated alkanes) is 6. The molecule has 2 aromatic rings. The molecule has 0 spiro atoms. The van der Waals surface area contributed by atoms with Crippen molar-refractivity contribution in [3.63, 3.8) is 0 Å². The topological polar surface area (TPSA) is 83.7 Å². The second-order valence-corrected chi connectivity index (χ2v) is 24.0. The van der Waals surface area contributed by atoms with Crippen molar-refractivity contribution in [1.82, 2.24) is 15.1 Å². The van der Waals surface area contributed by atoms with Crippen LogP contribution >= 0.6 is 0 Å². The Hall–Kier alpha value is -2.74. The summed E-state index contributed by atoms with van der Waals surface area (Å²) in [6.45, 7) is 34.6. The molecule has 0 bridgehead atoms. The van der Waals surface area contributed by atoms with Crippen LogP contribution in [0.5, 0.6) is 11.5 Å². The number of phenolic OH excluding ortho intramolecular Hbond substituents is 2. The quantitative estimate of drug-likeness (QED) is 0.0456. The number of hydrogen-bond donors (Lipinski definition) is 3. The number of nitrogens with zero attached hydrogens (tertiary/aromatic N) is 4. The van der Waals surface area contributed by atoms with Gasteiger partial charge in [-0.15, -0.1) is 0 Å². The fourth-order valence-electron chi connectivity index (χ4n) is 12.3. The summed E-state index contributed by atoms with van der Waals surface area (Å²) in [5.74, 6) is 0.688. The Labute approximate surface area is 458 Å². The summed E-state index contributed by atoms with van der Waals surface area (Å²) in [6, 6.07) is 10.5. The monoisotopic (exact) mass is 1030 g/mol. The largest absolute Gasteiger partial charge is 0.507 e. The fraction of sp³-hybridized carbons (Fsp3) is 0.791. The molecule has 74 heavy (non-hydrogen) atoms. The molecule has 1 fully saturated rings. The van der Waals surface area contributed by atoms with Crippen LogP contribution in [0.25, 0.3) is 0 Å². The molecule has 3 unspecified atom stereocenters. The lowest BCUT2D eigenvalue weighted by molar-refractivity contribution is 0.155. The van der Waals surface area contributed by atoms with Gasteiger partial charge in [0.15, 0.2) is 0 Å². The third-order valence-corrected chi connectivity index (χ3v) is 17.4. The van der Waals surface area contributed by atoms with Crippen molar-refractivity contribution in [3.05, 3.63) is 57.6 Å².